The molecule has 5 heteroatoms. The van der Waals surface area contributed by atoms with Gasteiger partial charge in [-0.2, -0.15) is 0 Å². The van der Waals surface area contributed by atoms with E-state index < -0.39 is 0 Å². The second-order valence-electron chi connectivity index (χ2n) is 7.22. The van der Waals surface area contributed by atoms with E-state index in [-0.39, 0.29) is 11.9 Å². The first kappa shape index (κ1) is 17.7. The van der Waals surface area contributed by atoms with Gasteiger partial charge in [0.15, 0.2) is 0 Å². The lowest BCUT2D eigenvalue weighted by atomic mass is 9.97. The molecule has 0 saturated carbocycles. The van der Waals surface area contributed by atoms with Gasteiger partial charge < -0.3 is 10.6 Å². The Balaban J connectivity index is 1.47. The second-order valence-corrected chi connectivity index (χ2v) is 7.63. The number of benzene rings is 1. The fraction of sp³-hybridized carbons (Fsp3) is 0.632. The van der Waals surface area contributed by atoms with Crippen LogP contribution < -0.4 is 10.6 Å². The lowest BCUT2D eigenvalue weighted by molar-refractivity contribution is -0.123. The summed E-state index contributed by atoms with van der Waals surface area (Å²) in [4.78, 5) is 14.6. The molecule has 2 heterocycles. The summed E-state index contributed by atoms with van der Waals surface area (Å²) < 4.78 is 0. The SMILES string of the molecule is Cc1ccc(CN2CCCC(CNC(=O)C3CCCN3)C2)cc1Cl. The van der Waals surface area contributed by atoms with Crippen LogP contribution in [0.1, 0.15) is 36.8 Å². The van der Waals surface area contributed by atoms with E-state index >= 15 is 0 Å². The number of halogens is 1. The third-order valence-corrected chi connectivity index (χ3v) is 5.59. The normalized spacial score (nSPS) is 24.9. The summed E-state index contributed by atoms with van der Waals surface area (Å²) in [5.74, 6) is 0.722. The number of hydrogen-bond acceptors (Lipinski definition) is 3. The van der Waals surface area contributed by atoms with Crippen LogP contribution in [0.25, 0.3) is 0 Å². The maximum atomic E-state index is 12.1. The summed E-state index contributed by atoms with van der Waals surface area (Å²) in [6.45, 7) is 6.90. The van der Waals surface area contributed by atoms with Crippen LogP contribution in [-0.2, 0) is 11.3 Å². The van der Waals surface area contributed by atoms with E-state index in [1.165, 1.54) is 18.4 Å². The average molecular weight is 350 g/mol. The molecule has 132 valence electrons. The second kappa shape index (κ2) is 8.32. The van der Waals surface area contributed by atoms with Crippen LogP contribution in [0.4, 0.5) is 0 Å². The zero-order chi connectivity index (χ0) is 16.9. The van der Waals surface area contributed by atoms with Gasteiger partial charge in [-0.05, 0) is 68.8 Å². The lowest BCUT2D eigenvalue weighted by Gasteiger charge is -2.33. The van der Waals surface area contributed by atoms with Gasteiger partial charge in [0.05, 0.1) is 6.04 Å². The van der Waals surface area contributed by atoms with Crippen molar-refractivity contribution in [2.75, 3.05) is 26.2 Å². The van der Waals surface area contributed by atoms with Crippen molar-refractivity contribution in [1.82, 2.24) is 15.5 Å². The van der Waals surface area contributed by atoms with Crippen LogP contribution in [-0.4, -0.2) is 43.0 Å². The standard InChI is InChI=1S/C19H28ClN3O/c1-14-6-7-15(10-17(14)20)12-23-9-3-4-16(13-23)11-22-19(24)18-5-2-8-21-18/h6-7,10,16,18,21H,2-5,8-9,11-13H2,1H3,(H,22,24). The van der Waals surface area contributed by atoms with Crippen molar-refractivity contribution >= 4 is 17.5 Å². The molecule has 0 spiro atoms. The molecule has 1 aromatic rings. The van der Waals surface area contributed by atoms with E-state index in [9.17, 15) is 4.79 Å². The molecule has 0 radical (unpaired) electrons. The average Bonchev–Trinajstić information content (AvgIpc) is 3.11. The largest absolute Gasteiger partial charge is 0.354 e. The summed E-state index contributed by atoms with van der Waals surface area (Å²) in [6.07, 6.45) is 4.47. The Morgan fingerprint density at radius 2 is 2.25 bits per heavy atom. The Bertz CT molecular complexity index is 572. The van der Waals surface area contributed by atoms with Crippen LogP contribution in [0.2, 0.25) is 5.02 Å². The third kappa shape index (κ3) is 4.71. The van der Waals surface area contributed by atoms with Gasteiger partial charge in [0.2, 0.25) is 5.91 Å². The first-order valence-electron chi connectivity index (χ1n) is 9.10. The van der Waals surface area contributed by atoms with Gasteiger partial charge in [-0.3, -0.25) is 9.69 Å². The number of nitrogens with one attached hydrogen (secondary N) is 2. The summed E-state index contributed by atoms with van der Waals surface area (Å²) in [6, 6.07) is 6.36. The minimum Gasteiger partial charge on any atom is -0.354 e. The van der Waals surface area contributed by atoms with Crippen LogP contribution in [0, 0.1) is 12.8 Å². The number of likely N-dealkylation sites (tertiary alicyclic amines) is 1. The number of carbonyl (C=O) groups excluding carboxylic acids is 1. The highest BCUT2D eigenvalue weighted by atomic mass is 35.5. The Hall–Kier alpha value is -1.10. The number of nitrogens with zero attached hydrogens (tertiary/aromatic N) is 1. The minimum atomic E-state index is 0.0272. The Kier molecular flexibility index (Phi) is 6.14. The molecule has 24 heavy (non-hydrogen) atoms. The maximum absolute atomic E-state index is 12.1. The van der Waals surface area contributed by atoms with Crippen molar-refractivity contribution in [3.63, 3.8) is 0 Å². The highest BCUT2D eigenvalue weighted by Gasteiger charge is 2.24. The van der Waals surface area contributed by atoms with Crippen molar-refractivity contribution in [2.24, 2.45) is 5.92 Å². The van der Waals surface area contributed by atoms with Crippen molar-refractivity contribution in [1.29, 1.82) is 0 Å². The van der Waals surface area contributed by atoms with Gasteiger partial charge in [0, 0.05) is 24.7 Å². The molecule has 4 nitrogen and oxygen atoms in total. The molecule has 2 fully saturated rings. The molecule has 0 bridgehead atoms. The summed E-state index contributed by atoms with van der Waals surface area (Å²) in [5.41, 5.74) is 2.39. The number of carbonyl (C=O) groups is 1. The van der Waals surface area contributed by atoms with Crippen LogP contribution in [0.15, 0.2) is 18.2 Å². The van der Waals surface area contributed by atoms with E-state index in [0.717, 1.165) is 56.2 Å². The molecule has 2 aliphatic rings. The molecule has 2 saturated heterocycles. The predicted molar refractivity (Wildman–Crippen MR) is 98.2 cm³/mol. The van der Waals surface area contributed by atoms with E-state index in [1.54, 1.807) is 0 Å². The van der Waals surface area contributed by atoms with Crippen molar-refractivity contribution < 1.29 is 4.79 Å². The Morgan fingerprint density at radius 3 is 3.00 bits per heavy atom. The van der Waals surface area contributed by atoms with Gasteiger partial charge in [-0.15, -0.1) is 0 Å². The van der Waals surface area contributed by atoms with Gasteiger partial charge in [0.25, 0.3) is 0 Å². The highest BCUT2D eigenvalue weighted by Crippen LogP contribution is 2.21. The smallest absolute Gasteiger partial charge is 0.237 e. The van der Waals surface area contributed by atoms with Crippen molar-refractivity contribution in [3.8, 4) is 0 Å². The topological polar surface area (TPSA) is 44.4 Å². The van der Waals surface area contributed by atoms with E-state index in [4.69, 9.17) is 11.6 Å². The number of rotatable bonds is 5. The first-order valence-corrected chi connectivity index (χ1v) is 9.48. The van der Waals surface area contributed by atoms with Gasteiger partial charge >= 0.3 is 0 Å². The molecule has 1 amide bonds. The molecule has 0 aliphatic carbocycles. The van der Waals surface area contributed by atoms with Crippen LogP contribution in [0.5, 0.6) is 0 Å². The predicted octanol–water partition coefficient (Wildman–Crippen LogP) is 2.73. The number of amides is 1. The van der Waals surface area contributed by atoms with Gasteiger partial charge in [-0.25, -0.2) is 0 Å². The number of hydrogen-bond donors (Lipinski definition) is 2. The summed E-state index contributed by atoms with van der Waals surface area (Å²) in [5, 5.41) is 7.25. The van der Waals surface area contributed by atoms with E-state index in [0.29, 0.717) is 5.92 Å². The lowest BCUT2D eigenvalue weighted by Crippen LogP contribution is -2.45. The van der Waals surface area contributed by atoms with E-state index in [2.05, 4.69) is 33.7 Å². The van der Waals surface area contributed by atoms with Crippen LogP contribution >= 0.6 is 11.6 Å². The van der Waals surface area contributed by atoms with E-state index in [1.807, 2.05) is 6.92 Å². The molecule has 0 aromatic heterocycles. The fourth-order valence-corrected chi connectivity index (χ4v) is 3.93. The molecule has 2 atom stereocenters. The molecule has 2 unspecified atom stereocenters. The minimum absolute atomic E-state index is 0.0272. The van der Waals surface area contributed by atoms with Gasteiger partial charge in [-0.1, -0.05) is 23.7 Å². The third-order valence-electron chi connectivity index (χ3n) is 5.19. The zero-order valence-electron chi connectivity index (χ0n) is 14.5. The molecule has 1 aromatic carbocycles. The van der Waals surface area contributed by atoms with Crippen molar-refractivity contribution in [3.05, 3.63) is 34.3 Å². The highest BCUT2D eigenvalue weighted by molar-refractivity contribution is 6.31. The fourth-order valence-electron chi connectivity index (χ4n) is 3.73. The summed E-state index contributed by atoms with van der Waals surface area (Å²) >= 11 is 6.24. The monoisotopic (exact) mass is 349 g/mol. The molecular weight excluding hydrogens is 322 g/mol. The van der Waals surface area contributed by atoms with Crippen molar-refractivity contribution in [2.45, 2.75) is 45.2 Å². The molecule has 3 rings (SSSR count). The number of piperidine rings is 1. The maximum Gasteiger partial charge on any atom is 0.237 e. The molecule has 2 aliphatic heterocycles. The first-order chi connectivity index (χ1) is 11.6. The quantitative estimate of drug-likeness (QED) is 0.859. The van der Waals surface area contributed by atoms with Crippen LogP contribution in [0.3, 0.4) is 0 Å². The Labute approximate surface area is 149 Å². The zero-order valence-corrected chi connectivity index (χ0v) is 15.2. The summed E-state index contributed by atoms with van der Waals surface area (Å²) in [7, 11) is 0. The Morgan fingerprint density at radius 1 is 1.38 bits per heavy atom. The molecular formula is C19H28ClN3O. The van der Waals surface area contributed by atoms with Gasteiger partial charge in [0.1, 0.15) is 0 Å². The number of aryl methyl sites for hydroxylation is 1. The molecule has 2 N–H and O–H groups in total.